The number of pyridine rings is 1. The van der Waals surface area contributed by atoms with Crippen molar-refractivity contribution < 1.29 is 4.79 Å². The van der Waals surface area contributed by atoms with E-state index in [9.17, 15) is 4.79 Å². The fourth-order valence-electron chi connectivity index (χ4n) is 1.12. The largest absolute Gasteiger partial charge is 0.382 e. The summed E-state index contributed by atoms with van der Waals surface area (Å²) in [6.07, 6.45) is 2.42. The average molecular weight is 256 g/mol. The van der Waals surface area contributed by atoms with Crippen LogP contribution in [0.2, 0.25) is 5.02 Å². The Labute approximate surface area is 107 Å². The molecule has 0 fully saturated rings. The molecule has 0 spiro atoms. The van der Waals surface area contributed by atoms with E-state index in [-0.39, 0.29) is 17.1 Å². The van der Waals surface area contributed by atoms with Crippen LogP contribution in [0.25, 0.3) is 0 Å². The van der Waals surface area contributed by atoms with Gasteiger partial charge >= 0.3 is 0 Å². The molecule has 0 saturated carbocycles. The number of nitrogens with one attached hydrogen (secondary N) is 1. The van der Waals surface area contributed by atoms with Gasteiger partial charge in [-0.05, 0) is 17.9 Å². The molecule has 0 bridgehead atoms. The maximum absolute atomic E-state index is 11.8. The molecule has 1 rings (SSSR count). The Bertz CT molecular complexity index is 418. The second-order valence-corrected chi connectivity index (χ2v) is 5.20. The van der Waals surface area contributed by atoms with Crippen molar-refractivity contribution in [2.45, 2.75) is 27.2 Å². The SMILES string of the molecule is CCC(C)(C)CNC(=O)c1cnc(N)c(Cl)c1. The van der Waals surface area contributed by atoms with Crippen LogP contribution in [-0.2, 0) is 0 Å². The first-order valence-corrected chi connectivity index (χ1v) is 5.93. The van der Waals surface area contributed by atoms with Crippen molar-refractivity contribution in [2.75, 3.05) is 12.3 Å². The Morgan fingerprint density at radius 1 is 1.59 bits per heavy atom. The van der Waals surface area contributed by atoms with Gasteiger partial charge in [0.25, 0.3) is 5.91 Å². The predicted molar refractivity (Wildman–Crippen MR) is 70.1 cm³/mol. The summed E-state index contributed by atoms with van der Waals surface area (Å²) in [5.41, 5.74) is 5.99. The van der Waals surface area contributed by atoms with Gasteiger partial charge in [-0.1, -0.05) is 32.4 Å². The van der Waals surface area contributed by atoms with Crippen molar-refractivity contribution in [2.24, 2.45) is 5.41 Å². The van der Waals surface area contributed by atoms with Crippen molar-refractivity contribution in [1.82, 2.24) is 10.3 Å². The average Bonchev–Trinajstić information content (AvgIpc) is 2.30. The monoisotopic (exact) mass is 255 g/mol. The first-order valence-electron chi connectivity index (χ1n) is 5.55. The zero-order chi connectivity index (χ0) is 13.1. The van der Waals surface area contributed by atoms with Crippen molar-refractivity contribution in [3.05, 3.63) is 22.8 Å². The molecule has 1 amide bonds. The molecular weight excluding hydrogens is 238 g/mol. The number of anilines is 1. The standard InChI is InChI=1S/C12H18ClN3O/c1-4-12(2,3)7-16-11(17)8-5-9(13)10(14)15-6-8/h5-6H,4,7H2,1-3H3,(H2,14,15)(H,16,17). The first-order chi connectivity index (χ1) is 7.85. The fourth-order valence-corrected chi connectivity index (χ4v) is 1.29. The van der Waals surface area contributed by atoms with Crippen molar-refractivity contribution in [3.8, 4) is 0 Å². The number of nitrogens with two attached hydrogens (primary N) is 1. The molecule has 3 N–H and O–H groups in total. The van der Waals surface area contributed by atoms with Gasteiger partial charge in [-0.25, -0.2) is 4.98 Å². The summed E-state index contributed by atoms with van der Waals surface area (Å²) in [4.78, 5) is 15.7. The highest BCUT2D eigenvalue weighted by Crippen LogP contribution is 2.19. The number of nitrogens with zero attached hydrogens (tertiary/aromatic N) is 1. The molecule has 1 aromatic rings. The Morgan fingerprint density at radius 2 is 2.24 bits per heavy atom. The van der Waals surface area contributed by atoms with Gasteiger partial charge in [0, 0.05) is 12.7 Å². The molecule has 0 radical (unpaired) electrons. The molecule has 4 nitrogen and oxygen atoms in total. The highest BCUT2D eigenvalue weighted by Gasteiger charge is 2.17. The summed E-state index contributed by atoms with van der Waals surface area (Å²) < 4.78 is 0. The van der Waals surface area contributed by atoms with E-state index in [1.807, 2.05) is 0 Å². The summed E-state index contributed by atoms with van der Waals surface area (Å²) in [6.45, 7) is 6.90. The molecule has 1 aromatic heterocycles. The third-order valence-electron chi connectivity index (χ3n) is 2.82. The number of halogens is 1. The van der Waals surface area contributed by atoms with Crippen molar-refractivity contribution in [3.63, 3.8) is 0 Å². The van der Waals surface area contributed by atoms with Crippen LogP contribution >= 0.6 is 11.6 Å². The number of hydrogen-bond acceptors (Lipinski definition) is 3. The molecular formula is C12H18ClN3O. The third kappa shape index (κ3) is 3.89. The highest BCUT2D eigenvalue weighted by molar-refractivity contribution is 6.33. The van der Waals surface area contributed by atoms with E-state index in [2.05, 4.69) is 31.1 Å². The Hall–Kier alpha value is -1.29. The summed E-state index contributed by atoms with van der Waals surface area (Å²) in [5.74, 6) is 0.0537. The predicted octanol–water partition coefficient (Wildman–Crippen LogP) is 2.48. The van der Waals surface area contributed by atoms with E-state index in [0.717, 1.165) is 6.42 Å². The molecule has 0 unspecified atom stereocenters. The Balaban J connectivity index is 2.68. The minimum absolute atomic E-state index is 0.0840. The minimum atomic E-state index is -0.180. The number of aromatic nitrogens is 1. The number of nitrogen functional groups attached to an aromatic ring is 1. The molecule has 0 aliphatic heterocycles. The molecule has 0 saturated heterocycles. The molecule has 1 heterocycles. The van der Waals surface area contributed by atoms with Gasteiger partial charge in [-0.3, -0.25) is 4.79 Å². The number of hydrogen-bond donors (Lipinski definition) is 2. The lowest BCUT2D eigenvalue weighted by Crippen LogP contribution is -2.33. The highest BCUT2D eigenvalue weighted by atomic mass is 35.5. The normalized spacial score (nSPS) is 11.3. The number of carbonyl (C=O) groups excluding carboxylic acids is 1. The van der Waals surface area contributed by atoms with Gasteiger partial charge in [0.15, 0.2) is 0 Å². The topological polar surface area (TPSA) is 68.0 Å². The molecule has 17 heavy (non-hydrogen) atoms. The van der Waals surface area contributed by atoms with E-state index >= 15 is 0 Å². The fraction of sp³-hybridized carbons (Fsp3) is 0.500. The quantitative estimate of drug-likeness (QED) is 0.869. The molecule has 5 heteroatoms. The molecule has 94 valence electrons. The number of amides is 1. The van der Waals surface area contributed by atoms with Crippen LogP contribution in [0, 0.1) is 5.41 Å². The molecule has 0 aliphatic rings. The maximum atomic E-state index is 11.8. The summed E-state index contributed by atoms with van der Waals surface area (Å²) >= 11 is 5.81. The second kappa shape index (κ2) is 5.36. The van der Waals surface area contributed by atoms with Crippen LogP contribution in [-0.4, -0.2) is 17.4 Å². The number of carbonyl (C=O) groups is 1. The minimum Gasteiger partial charge on any atom is -0.382 e. The molecule has 0 aliphatic carbocycles. The maximum Gasteiger partial charge on any atom is 0.252 e. The zero-order valence-electron chi connectivity index (χ0n) is 10.4. The van der Waals surface area contributed by atoms with Crippen molar-refractivity contribution >= 4 is 23.3 Å². The zero-order valence-corrected chi connectivity index (χ0v) is 11.1. The van der Waals surface area contributed by atoms with Gasteiger partial charge in [0.05, 0.1) is 10.6 Å². The Morgan fingerprint density at radius 3 is 2.76 bits per heavy atom. The van der Waals surface area contributed by atoms with Gasteiger partial charge in [-0.15, -0.1) is 0 Å². The third-order valence-corrected chi connectivity index (χ3v) is 3.12. The summed E-state index contributed by atoms with van der Waals surface area (Å²) in [7, 11) is 0. The summed E-state index contributed by atoms with van der Waals surface area (Å²) in [6, 6.07) is 1.53. The van der Waals surface area contributed by atoms with Crippen LogP contribution in [0.4, 0.5) is 5.82 Å². The Kier molecular flexibility index (Phi) is 4.34. The van der Waals surface area contributed by atoms with Gasteiger partial charge in [0.2, 0.25) is 0 Å². The first kappa shape index (κ1) is 13.8. The van der Waals surface area contributed by atoms with E-state index < -0.39 is 0 Å². The van der Waals surface area contributed by atoms with Crippen LogP contribution in [0.5, 0.6) is 0 Å². The van der Waals surface area contributed by atoms with Gasteiger partial charge < -0.3 is 11.1 Å². The molecule has 0 aromatic carbocycles. The van der Waals surface area contributed by atoms with Gasteiger partial charge in [0.1, 0.15) is 5.82 Å². The van der Waals surface area contributed by atoms with Gasteiger partial charge in [-0.2, -0.15) is 0 Å². The lowest BCUT2D eigenvalue weighted by atomic mass is 9.90. The van der Waals surface area contributed by atoms with Crippen LogP contribution < -0.4 is 11.1 Å². The summed E-state index contributed by atoms with van der Waals surface area (Å²) in [5, 5.41) is 3.16. The van der Waals surface area contributed by atoms with E-state index in [1.54, 1.807) is 0 Å². The smallest absolute Gasteiger partial charge is 0.252 e. The molecule has 0 atom stereocenters. The van der Waals surface area contributed by atoms with E-state index in [4.69, 9.17) is 17.3 Å². The van der Waals surface area contributed by atoms with E-state index in [0.29, 0.717) is 17.1 Å². The van der Waals surface area contributed by atoms with Crippen LogP contribution in [0.1, 0.15) is 37.6 Å². The van der Waals surface area contributed by atoms with E-state index in [1.165, 1.54) is 12.3 Å². The van der Waals surface area contributed by atoms with Crippen molar-refractivity contribution in [1.29, 1.82) is 0 Å². The number of rotatable bonds is 4. The van der Waals surface area contributed by atoms with Crippen LogP contribution in [0.15, 0.2) is 12.3 Å². The second-order valence-electron chi connectivity index (χ2n) is 4.79. The lowest BCUT2D eigenvalue weighted by molar-refractivity contribution is 0.0935. The van der Waals surface area contributed by atoms with Crippen LogP contribution in [0.3, 0.4) is 0 Å². The lowest BCUT2D eigenvalue weighted by Gasteiger charge is -2.22.